The molecule has 3 heteroatoms. The van der Waals surface area contributed by atoms with Crippen LogP contribution in [0.15, 0.2) is 24.3 Å². The van der Waals surface area contributed by atoms with Crippen LogP contribution in [-0.4, -0.2) is 38.1 Å². The van der Waals surface area contributed by atoms with Crippen LogP contribution in [0.3, 0.4) is 0 Å². The van der Waals surface area contributed by atoms with Crippen molar-refractivity contribution < 1.29 is 14.6 Å². The highest BCUT2D eigenvalue weighted by atomic mass is 16.5. The molecule has 3 nitrogen and oxygen atoms in total. The lowest BCUT2D eigenvalue weighted by Gasteiger charge is -2.58. The SMILES string of the molecule is CCCc1ccc(C2(C3(CO)COC3)COC2)cc1. The molecular weight excluding hydrogens is 240 g/mol. The fraction of sp³-hybridized carbons (Fsp3) is 0.625. The Kier molecular flexibility index (Phi) is 3.37. The van der Waals surface area contributed by atoms with Gasteiger partial charge in [-0.15, -0.1) is 0 Å². The normalized spacial score (nSPS) is 23.5. The van der Waals surface area contributed by atoms with Crippen LogP contribution in [0, 0.1) is 5.41 Å². The molecule has 0 bridgehead atoms. The minimum atomic E-state index is -0.141. The molecule has 1 aromatic rings. The van der Waals surface area contributed by atoms with Crippen LogP contribution in [0.25, 0.3) is 0 Å². The second-order valence-corrected chi connectivity index (χ2v) is 5.95. The second kappa shape index (κ2) is 4.89. The van der Waals surface area contributed by atoms with Crippen molar-refractivity contribution in [3.05, 3.63) is 35.4 Å². The fourth-order valence-corrected chi connectivity index (χ4v) is 3.23. The highest BCUT2D eigenvalue weighted by Crippen LogP contribution is 2.51. The van der Waals surface area contributed by atoms with Crippen LogP contribution in [0.5, 0.6) is 0 Å². The zero-order valence-corrected chi connectivity index (χ0v) is 11.5. The van der Waals surface area contributed by atoms with E-state index in [0.717, 1.165) is 6.42 Å². The fourth-order valence-electron chi connectivity index (χ4n) is 3.23. The number of aliphatic hydroxyl groups is 1. The molecule has 2 fully saturated rings. The first-order valence-corrected chi connectivity index (χ1v) is 7.12. The van der Waals surface area contributed by atoms with E-state index in [9.17, 15) is 5.11 Å². The van der Waals surface area contributed by atoms with Gasteiger partial charge in [-0.2, -0.15) is 0 Å². The number of aryl methyl sites for hydroxylation is 1. The van der Waals surface area contributed by atoms with Gasteiger partial charge in [-0.1, -0.05) is 37.6 Å². The first-order chi connectivity index (χ1) is 9.26. The first-order valence-electron chi connectivity index (χ1n) is 7.12. The summed E-state index contributed by atoms with van der Waals surface area (Å²) in [5.74, 6) is 0. The summed E-state index contributed by atoms with van der Waals surface area (Å²) in [5, 5.41) is 9.80. The Morgan fingerprint density at radius 2 is 1.68 bits per heavy atom. The van der Waals surface area contributed by atoms with Gasteiger partial charge in [-0.3, -0.25) is 0 Å². The summed E-state index contributed by atoms with van der Waals surface area (Å²) >= 11 is 0. The average molecular weight is 262 g/mol. The van der Waals surface area contributed by atoms with Crippen molar-refractivity contribution in [1.29, 1.82) is 0 Å². The molecular formula is C16H22O3. The zero-order chi connectivity index (χ0) is 13.3. The molecule has 0 saturated carbocycles. The van der Waals surface area contributed by atoms with E-state index >= 15 is 0 Å². The van der Waals surface area contributed by atoms with Gasteiger partial charge in [0.1, 0.15) is 0 Å². The molecule has 0 radical (unpaired) electrons. The maximum absolute atomic E-state index is 9.80. The summed E-state index contributed by atoms with van der Waals surface area (Å²) in [6.07, 6.45) is 2.29. The van der Waals surface area contributed by atoms with E-state index < -0.39 is 0 Å². The lowest BCUT2D eigenvalue weighted by atomic mass is 9.57. The van der Waals surface area contributed by atoms with Crippen molar-refractivity contribution in [2.24, 2.45) is 5.41 Å². The van der Waals surface area contributed by atoms with E-state index in [2.05, 4.69) is 31.2 Å². The van der Waals surface area contributed by atoms with E-state index in [0.29, 0.717) is 26.4 Å². The molecule has 104 valence electrons. The van der Waals surface area contributed by atoms with E-state index in [1.54, 1.807) is 0 Å². The smallest absolute Gasteiger partial charge is 0.0593 e. The predicted molar refractivity (Wildman–Crippen MR) is 73.3 cm³/mol. The lowest BCUT2D eigenvalue weighted by Crippen LogP contribution is -2.68. The van der Waals surface area contributed by atoms with Crippen LogP contribution < -0.4 is 0 Å². The van der Waals surface area contributed by atoms with Gasteiger partial charge in [-0.05, 0) is 17.5 Å². The monoisotopic (exact) mass is 262 g/mol. The largest absolute Gasteiger partial charge is 0.396 e. The molecule has 1 N–H and O–H groups in total. The highest BCUT2D eigenvalue weighted by Gasteiger charge is 2.60. The minimum absolute atomic E-state index is 0.0508. The summed E-state index contributed by atoms with van der Waals surface area (Å²) in [6, 6.07) is 8.85. The summed E-state index contributed by atoms with van der Waals surface area (Å²) < 4.78 is 10.9. The number of hydrogen-bond donors (Lipinski definition) is 1. The average Bonchev–Trinajstić information content (AvgIpc) is 2.33. The third-order valence-electron chi connectivity index (χ3n) is 4.82. The number of rotatable bonds is 5. The van der Waals surface area contributed by atoms with Gasteiger partial charge in [0.05, 0.1) is 43.9 Å². The quantitative estimate of drug-likeness (QED) is 0.881. The van der Waals surface area contributed by atoms with Gasteiger partial charge in [0.25, 0.3) is 0 Å². The Hall–Kier alpha value is -0.900. The number of ether oxygens (including phenoxy) is 2. The number of benzene rings is 1. The van der Waals surface area contributed by atoms with Crippen LogP contribution in [0.1, 0.15) is 24.5 Å². The molecule has 0 atom stereocenters. The minimum Gasteiger partial charge on any atom is -0.396 e. The number of hydrogen-bond acceptors (Lipinski definition) is 3. The van der Waals surface area contributed by atoms with E-state index in [1.807, 2.05) is 0 Å². The Labute approximate surface area is 114 Å². The maximum Gasteiger partial charge on any atom is 0.0593 e. The molecule has 0 aromatic heterocycles. The van der Waals surface area contributed by atoms with Crippen LogP contribution in [-0.2, 0) is 21.3 Å². The summed E-state index contributed by atoms with van der Waals surface area (Å²) in [6.45, 7) is 5.05. The highest BCUT2D eigenvalue weighted by molar-refractivity contribution is 5.35. The Morgan fingerprint density at radius 3 is 2.05 bits per heavy atom. The van der Waals surface area contributed by atoms with E-state index in [4.69, 9.17) is 9.47 Å². The van der Waals surface area contributed by atoms with Crippen molar-refractivity contribution in [3.8, 4) is 0 Å². The zero-order valence-electron chi connectivity index (χ0n) is 11.5. The van der Waals surface area contributed by atoms with Gasteiger partial charge < -0.3 is 14.6 Å². The lowest BCUT2D eigenvalue weighted by molar-refractivity contribution is -0.242. The van der Waals surface area contributed by atoms with E-state index in [1.165, 1.54) is 17.5 Å². The van der Waals surface area contributed by atoms with Gasteiger partial charge in [-0.25, -0.2) is 0 Å². The molecule has 2 saturated heterocycles. The third kappa shape index (κ3) is 1.83. The Balaban J connectivity index is 1.89. The summed E-state index contributed by atoms with van der Waals surface area (Å²) in [4.78, 5) is 0. The predicted octanol–water partition coefficient (Wildman–Crippen LogP) is 1.92. The number of aliphatic hydroxyl groups excluding tert-OH is 1. The Morgan fingerprint density at radius 1 is 1.05 bits per heavy atom. The standard InChI is InChI=1S/C16H22O3/c1-2-3-13-4-6-14(7-5-13)16(11-19-12-16)15(8-17)9-18-10-15/h4-7,17H,2-3,8-12H2,1H3. The molecule has 0 unspecified atom stereocenters. The molecule has 2 aliphatic rings. The van der Waals surface area contributed by atoms with Crippen molar-refractivity contribution in [2.45, 2.75) is 25.2 Å². The van der Waals surface area contributed by atoms with Crippen LogP contribution in [0.2, 0.25) is 0 Å². The molecule has 2 aliphatic heterocycles. The topological polar surface area (TPSA) is 38.7 Å². The van der Waals surface area contributed by atoms with E-state index in [-0.39, 0.29) is 17.4 Å². The molecule has 0 spiro atoms. The van der Waals surface area contributed by atoms with Gasteiger partial charge in [0.2, 0.25) is 0 Å². The maximum atomic E-state index is 9.80. The second-order valence-electron chi connectivity index (χ2n) is 5.95. The molecule has 2 heterocycles. The van der Waals surface area contributed by atoms with Crippen molar-refractivity contribution in [1.82, 2.24) is 0 Å². The van der Waals surface area contributed by atoms with Crippen molar-refractivity contribution in [3.63, 3.8) is 0 Å². The van der Waals surface area contributed by atoms with Gasteiger partial charge in [0, 0.05) is 0 Å². The third-order valence-corrected chi connectivity index (χ3v) is 4.82. The van der Waals surface area contributed by atoms with Crippen molar-refractivity contribution in [2.75, 3.05) is 33.0 Å². The van der Waals surface area contributed by atoms with Crippen LogP contribution >= 0.6 is 0 Å². The molecule has 3 rings (SSSR count). The first kappa shape index (κ1) is 13.1. The molecule has 0 amide bonds. The van der Waals surface area contributed by atoms with Gasteiger partial charge in [0.15, 0.2) is 0 Å². The molecule has 19 heavy (non-hydrogen) atoms. The molecule has 0 aliphatic carbocycles. The van der Waals surface area contributed by atoms with Crippen LogP contribution in [0.4, 0.5) is 0 Å². The van der Waals surface area contributed by atoms with Gasteiger partial charge >= 0.3 is 0 Å². The summed E-state index contributed by atoms with van der Waals surface area (Å²) in [5.41, 5.74) is 2.47. The molecule has 1 aromatic carbocycles. The summed E-state index contributed by atoms with van der Waals surface area (Å²) in [7, 11) is 0. The van der Waals surface area contributed by atoms with Crippen molar-refractivity contribution >= 4 is 0 Å². The Bertz CT molecular complexity index is 424.